The standard InChI is InChI=1S/C30H29NO6/c1-4-36-24-7-5-6-19(15-24)17-31-27(20-8-11-23(35-3)12-9-20)26(29(33)30(31)34)28(32)21-10-13-25-22(16-21)14-18(2)37-25/h5-13,15-16,18,27,32H,4,14,17H2,1-3H3/b28-26-. The van der Waals surface area contributed by atoms with Gasteiger partial charge in [-0.25, -0.2) is 0 Å². The van der Waals surface area contributed by atoms with Gasteiger partial charge in [0.25, 0.3) is 11.7 Å². The van der Waals surface area contributed by atoms with Crippen molar-refractivity contribution in [1.29, 1.82) is 0 Å². The summed E-state index contributed by atoms with van der Waals surface area (Å²) in [7, 11) is 1.57. The molecule has 0 aliphatic carbocycles. The molecular formula is C30H29NO6. The largest absolute Gasteiger partial charge is 0.507 e. The number of likely N-dealkylation sites (tertiary alicyclic amines) is 1. The van der Waals surface area contributed by atoms with Crippen LogP contribution < -0.4 is 14.2 Å². The van der Waals surface area contributed by atoms with E-state index in [2.05, 4.69) is 0 Å². The van der Waals surface area contributed by atoms with E-state index in [0.717, 1.165) is 16.9 Å². The number of aliphatic hydroxyl groups excluding tert-OH is 1. The smallest absolute Gasteiger partial charge is 0.295 e. The maximum absolute atomic E-state index is 13.4. The predicted octanol–water partition coefficient (Wildman–Crippen LogP) is 5.04. The van der Waals surface area contributed by atoms with E-state index < -0.39 is 17.7 Å². The number of benzene rings is 3. The fourth-order valence-corrected chi connectivity index (χ4v) is 5.00. The number of carbonyl (C=O) groups excluding carboxylic acids is 2. The molecule has 0 radical (unpaired) electrons. The van der Waals surface area contributed by atoms with Crippen LogP contribution in [0.3, 0.4) is 0 Å². The van der Waals surface area contributed by atoms with Crippen molar-refractivity contribution in [3.8, 4) is 17.2 Å². The molecule has 0 aromatic heterocycles. The molecule has 2 aliphatic rings. The van der Waals surface area contributed by atoms with Gasteiger partial charge in [0.2, 0.25) is 0 Å². The molecule has 2 unspecified atom stereocenters. The number of nitrogens with zero attached hydrogens (tertiary/aromatic N) is 1. The van der Waals surface area contributed by atoms with Gasteiger partial charge >= 0.3 is 0 Å². The summed E-state index contributed by atoms with van der Waals surface area (Å²) >= 11 is 0. The fourth-order valence-electron chi connectivity index (χ4n) is 5.00. The van der Waals surface area contributed by atoms with E-state index in [4.69, 9.17) is 14.2 Å². The lowest BCUT2D eigenvalue weighted by Crippen LogP contribution is -2.29. The average molecular weight is 500 g/mol. The molecular weight excluding hydrogens is 470 g/mol. The number of rotatable bonds is 7. The lowest BCUT2D eigenvalue weighted by molar-refractivity contribution is -0.140. The quantitative estimate of drug-likeness (QED) is 0.279. The van der Waals surface area contributed by atoms with E-state index in [-0.39, 0.29) is 24.0 Å². The van der Waals surface area contributed by atoms with Crippen molar-refractivity contribution in [1.82, 2.24) is 4.90 Å². The number of Topliss-reactive ketones (excluding diaryl/α,β-unsaturated/α-hetero) is 1. The fraction of sp³-hybridized carbons (Fsp3) is 0.267. The van der Waals surface area contributed by atoms with E-state index in [1.165, 1.54) is 4.90 Å². The molecule has 1 N–H and O–H groups in total. The van der Waals surface area contributed by atoms with Crippen LogP contribution in [0.25, 0.3) is 5.76 Å². The van der Waals surface area contributed by atoms with Crippen LogP contribution in [0.5, 0.6) is 17.2 Å². The highest BCUT2D eigenvalue weighted by Gasteiger charge is 2.46. The maximum Gasteiger partial charge on any atom is 0.295 e. The zero-order valence-corrected chi connectivity index (χ0v) is 21.1. The van der Waals surface area contributed by atoms with Crippen molar-refractivity contribution < 1.29 is 28.9 Å². The van der Waals surface area contributed by atoms with Crippen LogP contribution >= 0.6 is 0 Å². The summed E-state index contributed by atoms with van der Waals surface area (Å²) in [6.45, 7) is 4.58. The Morgan fingerprint density at radius 1 is 1.05 bits per heavy atom. The van der Waals surface area contributed by atoms with Gasteiger partial charge < -0.3 is 24.2 Å². The van der Waals surface area contributed by atoms with Crippen LogP contribution in [0.2, 0.25) is 0 Å². The first kappa shape index (κ1) is 24.4. The number of ketones is 1. The van der Waals surface area contributed by atoms with Gasteiger partial charge in [0.1, 0.15) is 29.1 Å². The van der Waals surface area contributed by atoms with Gasteiger partial charge in [0, 0.05) is 18.5 Å². The van der Waals surface area contributed by atoms with Crippen LogP contribution in [0.1, 0.15) is 42.1 Å². The van der Waals surface area contributed by atoms with Gasteiger partial charge in [0.15, 0.2) is 0 Å². The molecule has 1 fully saturated rings. The Balaban J connectivity index is 1.59. The number of ether oxygens (including phenoxy) is 3. The van der Waals surface area contributed by atoms with Crippen molar-refractivity contribution in [3.05, 3.63) is 94.6 Å². The summed E-state index contributed by atoms with van der Waals surface area (Å²) in [5.74, 6) is 0.522. The third-order valence-corrected chi connectivity index (χ3v) is 6.70. The van der Waals surface area contributed by atoms with Crippen LogP contribution in [-0.2, 0) is 22.6 Å². The summed E-state index contributed by atoms with van der Waals surface area (Å²) in [6, 6.07) is 19.2. The van der Waals surface area contributed by atoms with E-state index >= 15 is 0 Å². The highest BCUT2D eigenvalue weighted by atomic mass is 16.5. The zero-order chi connectivity index (χ0) is 26.1. The number of amides is 1. The summed E-state index contributed by atoms with van der Waals surface area (Å²) in [5.41, 5.74) is 3.00. The first-order valence-corrected chi connectivity index (χ1v) is 12.3. The molecule has 3 aromatic rings. The molecule has 2 aliphatic heterocycles. The molecule has 2 atom stereocenters. The van der Waals surface area contributed by atoms with Crippen molar-refractivity contribution in [2.24, 2.45) is 0 Å². The first-order chi connectivity index (χ1) is 17.9. The maximum atomic E-state index is 13.4. The molecule has 0 bridgehead atoms. The Morgan fingerprint density at radius 3 is 2.57 bits per heavy atom. The second-order valence-electron chi connectivity index (χ2n) is 9.24. The molecule has 0 saturated carbocycles. The van der Waals surface area contributed by atoms with E-state index in [1.807, 2.05) is 56.3 Å². The molecule has 3 aromatic carbocycles. The highest BCUT2D eigenvalue weighted by molar-refractivity contribution is 6.46. The molecule has 5 rings (SSSR count). The predicted molar refractivity (Wildman–Crippen MR) is 139 cm³/mol. The first-order valence-electron chi connectivity index (χ1n) is 12.3. The van der Waals surface area contributed by atoms with Crippen molar-refractivity contribution >= 4 is 17.4 Å². The number of carbonyl (C=O) groups is 2. The average Bonchev–Trinajstić information content (AvgIpc) is 3.40. The minimum Gasteiger partial charge on any atom is -0.507 e. The normalized spacial score (nSPS) is 20.0. The van der Waals surface area contributed by atoms with Crippen molar-refractivity contribution in [3.63, 3.8) is 0 Å². The van der Waals surface area contributed by atoms with Crippen LogP contribution in [-0.4, -0.2) is 41.5 Å². The van der Waals surface area contributed by atoms with Crippen LogP contribution in [0.15, 0.2) is 72.3 Å². The Hall–Kier alpha value is -4.26. The lowest BCUT2D eigenvalue weighted by Gasteiger charge is -2.26. The highest BCUT2D eigenvalue weighted by Crippen LogP contribution is 2.41. The van der Waals surface area contributed by atoms with Gasteiger partial charge in [0.05, 0.1) is 25.3 Å². The van der Waals surface area contributed by atoms with Gasteiger partial charge in [-0.05, 0) is 73.0 Å². The monoisotopic (exact) mass is 499 g/mol. The Bertz CT molecular complexity index is 1380. The Kier molecular flexibility index (Phi) is 6.61. The SMILES string of the molecule is CCOc1cccc(CN2C(=O)C(=O)/C(=C(\O)c3ccc4c(c3)CC(C)O4)C2c2ccc(OC)cc2)c1. The van der Waals surface area contributed by atoms with Crippen LogP contribution in [0.4, 0.5) is 0 Å². The third-order valence-electron chi connectivity index (χ3n) is 6.70. The van der Waals surface area contributed by atoms with Gasteiger partial charge in [-0.2, -0.15) is 0 Å². The molecule has 190 valence electrons. The Labute approximate surface area is 215 Å². The number of hydrogen-bond donors (Lipinski definition) is 1. The van der Waals surface area contributed by atoms with E-state index in [1.54, 1.807) is 31.4 Å². The van der Waals surface area contributed by atoms with Gasteiger partial charge in [-0.1, -0.05) is 24.3 Å². The van der Waals surface area contributed by atoms with Crippen LogP contribution in [0, 0.1) is 0 Å². The Morgan fingerprint density at radius 2 is 1.84 bits per heavy atom. The van der Waals surface area contributed by atoms with Gasteiger partial charge in [-0.15, -0.1) is 0 Å². The molecule has 37 heavy (non-hydrogen) atoms. The topological polar surface area (TPSA) is 85.3 Å². The second-order valence-corrected chi connectivity index (χ2v) is 9.24. The summed E-state index contributed by atoms with van der Waals surface area (Å²) in [4.78, 5) is 28.3. The number of hydrogen-bond acceptors (Lipinski definition) is 6. The summed E-state index contributed by atoms with van der Waals surface area (Å²) in [6.07, 6.45) is 0.757. The minimum atomic E-state index is -0.773. The molecule has 0 spiro atoms. The van der Waals surface area contributed by atoms with E-state index in [0.29, 0.717) is 35.7 Å². The number of aliphatic hydroxyl groups is 1. The second kappa shape index (κ2) is 10.0. The molecule has 7 nitrogen and oxygen atoms in total. The third kappa shape index (κ3) is 4.65. The molecule has 7 heteroatoms. The molecule has 1 saturated heterocycles. The zero-order valence-electron chi connectivity index (χ0n) is 21.1. The molecule has 2 heterocycles. The van der Waals surface area contributed by atoms with Gasteiger partial charge in [-0.3, -0.25) is 9.59 Å². The van der Waals surface area contributed by atoms with Crippen molar-refractivity contribution in [2.75, 3.05) is 13.7 Å². The van der Waals surface area contributed by atoms with Crippen molar-refractivity contribution in [2.45, 2.75) is 39.0 Å². The lowest BCUT2D eigenvalue weighted by atomic mass is 9.94. The van der Waals surface area contributed by atoms with E-state index in [9.17, 15) is 14.7 Å². The number of methoxy groups -OCH3 is 1. The molecule has 1 amide bonds. The minimum absolute atomic E-state index is 0.0460. The number of fused-ring (bicyclic) bond motifs is 1. The summed E-state index contributed by atoms with van der Waals surface area (Å²) in [5, 5.41) is 11.4. The summed E-state index contributed by atoms with van der Waals surface area (Å²) < 4.78 is 16.7.